The van der Waals surface area contributed by atoms with Crippen molar-refractivity contribution in [3.05, 3.63) is 42.2 Å². The number of anilines is 1. The molecule has 0 saturated carbocycles. The summed E-state index contributed by atoms with van der Waals surface area (Å²) in [6.45, 7) is 4.89. The summed E-state index contributed by atoms with van der Waals surface area (Å²) in [5.41, 5.74) is 0.152. The van der Waals surface area contributed by atoms with E-state index in [9.17, 15) is 18.0 Å². The van der Waals surface area contributed by atoms with Gasteiger partial charge in [0.05, 0.1) is 35.1 Å². The van der Waals surface area contributed by atoms with Gasteiger partial charge in [0, 0.05) is 13.2 Å². The van der Waals surface area contributed by atoms with Crippen molar-refractivity contribution in [3.8, 4) is 0 Å². The topological polar surface area (TPSA) is 111 Å². The standard InChI is InChI=1S/C16H20N4O4S/c1-5-25(23,24)15(22)19-11-6-7-12(17-8-11)14(21)16(2,3)13-9-20(4)10-18-13/h6-10H,5H2,1-4H3,(H,19,22). The van der Waals surface area contributed by atoms with Crippen LogP contribution in [-0.2, 0) is 22.3 Å². The van der Waals surface area contributed by atoms with Gasteiger partial charge in [-0.05, 0) is 26.0 Å². The SMILES string of the molecule is CCS(=O)(=O)C(=O)Nc1ccc(C(=O)C(C)(C)c2cn(C)cn2)nc1. The van der Waals surface area contributed by atoms with Crippen molar-refractivity contribution in [2.24, 2.45) is 7.05 Å². The summed E-state index contributed by atoms with van der Waals surface area (Å²) in [4.78, 5) is 32.6. The molecule has 0 fully saturated rings. The number of nitrogens with one attached hydrogen (secondary N) is 1. The molecule has 134 valence electrons. The van der Waals surface area contributed by atoms with Crippen LogP contribution >= 0.6 is 0 Å². The fourth-order valence-electron chi connectivity index (χ4n) is 2.10. The van der Waals surface area contributed by atoms with Crippen LogP contribution in [0.15, 0.2) is 30.9 Å². The summed E-state index contributed by atoms with van der Waals surface area (Å²) in [6, 6.07) is 2.89. The van der Waals surface area contributed by atoms with Gasteiger partial charge in [0.2, 0.25) is 9.84 Å². The van der Waals surface area contributed by atoms with Crippen molar-refractivity contribution < 1.29 is 18.0 Å². The van der Waals surface area contributed by atoms with Crippen molar-refractivity contribution in [2.75, 3.05) is 11.1 Å². The zero-order valence-electron chi connectivity index (χ0n) is 14.5. The van der Waals surface area contributed by atoms with Crippen LogP contribution < -0.4 is 5.32 Å². The average molecular weight is 364 g/mol. The van der Waals surface area contributed by atoms with E-state index in [1.807, 2.05) is 7.05 Å². The number of sulfone groups is 1. The van der Waals surface area contributed by atoms with Gasteiger partial charge < -0.3 is 9.88 Å². The summed E-state index contributed by atoms with van der Waals surface area (Å²) >= 11 is 0. The van der Waals surface area contributed by atoms with Gasteiger partial charge >= 0.3 is 5.24 Å². The molecule has 1 N–H and O–H groups in total. The molecule has 0 aromatic carbocycles. The van der Waals surface area contributed by atoms with E-state index < -0.39 is 20.5 Å². The maximum absolute atomic E-state index is 12.7. The zero-order valence-corrected chi connectivity index (χ0v) is 15.3. The highest BCUT2D eigenvalue weighted by Gasteiger charge is 2.33. The Labute approximate surface area is 146 Å². The number of hydrogen-bond acceptors (Lipinski definition) is 6. The smallest absolute Gasteiger partial charge is 0.340 e. The van der Waals surface area contributed by atoms with Gasteiger partial charge in [0.15, 0.2) is 5.78 Å². The van der Waals surface area contributed by atoms with Crippen molar-refractivity contribution in [1.82, 2.24) is 14.5 Å². The molecule has 0 aliphatic rings. The first-order valence-corrected chi connectivity index (χ1v) is 9.26. The maximum Gasteiger partial charge on any atom is 0.340 e. The summed E-state index contributed by atoms with van der Waals surface area (Å²) in [6.07, 6.45) is 4.64. The molecule has 2 rings (SSSR count). The highest BCUT2D eigenvalue weighted by Crippen LogP contribution is 2.26. The fraction of sp³-hybridized carbons (Fsp3) is 0.375. The van der Waals surface area contributed by atoms with Crippen molar-refractivity contribution in [3.63, 3.8) is 0 Å². The van der Waals surface area contributed by atoms with E-state index in [0.29, 0.717) is 5.69 Å². The number of rotatable bonds is 5. The van der Waals surface area contributed by atoms with E-state index >= 15 is 0 Å². The first-order chi connectivity index (χ1) is 11.6. The molecule has 2 heterocycles. The van der Waals surface area contributed by atoms with Gasteiger partial charge in [-0.2, -0.15) is 0 Å². The lowest BCUT2D eigenvalue weighted by atomic mass is 9.83. The normalized spacial score (nSPS) is 12.0. The van der Waals surface area contributed by atoms with Crippen LogP contribution in [0.3, 0.4) is 0 Å². The summed E-state index contributed by atoms with van der Waals surface area (Å²) in [5.74, 6) is -0.522. The van der Waals surface area contributed by atoms with Crippen molar-refractivity contribution >= 4 is 26.5 Å². The number of aryl methyl sites for hydroxylation is 1. The third kappa shape index (κ3) is 3.93. The van der Waals surface area contributed by atoms with Crippen LogP contribution in [0.4, 0.5) is 10.5 Å². The Balaban J connectivity index is 2.19. The van der Waals surface area contributed by atoms with Crippen LogP contribution in [0.2, 0.25) is 0 Å². The zero-order chi connectivity index (χ0) is 18.8. The molecule has 0 bridgehead atoms. The predicted octanol–water partition coefficient (Wildman–Crippen LogP) is 1.94. The van der Waals surface area contributed by atoms with Crippen molar-refractivity contribution in [2.45, 2.75) is 26.2 Å². The van der Waals surface area contributed by atoms with Gasteiger partial charge in [-0.1, -0.05) is 6.92 Å². The minimum absolute atomic E-state index is 0.201. The number of carbonyl (C=O) groups is 2. The first kappa shape index (κ1) is 18.8. The number of hydrogen-bond donors (Lipinski definition) is 1. The molecule has 9 heteroatoms. The number of Topliss-reactive ketones (excluding diaryl/α,β-unsaturated/α-hetero) is 1. The lowest BCUT2D eigenvalue weighted by molar-refractivity contribution is 0.0901. The third-order valence-electron chi connectivity index (χ3n) is 3.82. The van der Waals surface area contributed by atoms with Crippen LogP contribution in [-0.4, -0.2) is 39.7 Å². The molecule has 25 heavy (non-hydrogen) atoms. The summed E-state index contributed by atoms with van der Waals surface area (Å²) < 4.78 is 24.7. The first-order valence-electron chi connectivity index (χ1n) is 7.61. The highest BCUT2D eigenvalue weighted by atomic mass is 32.2. The number of carbonyl (C=O) groups excluding carboxylic acids is 2. The second-order valence-corrected chi connectivity index (χ2v) is 8.30. The van der Waals surface area contributed by atoms with E-state index in [2.05, 4.69) is 15.3 Å². The van der Waals surface area contributed by atoms with Crippen LogP contribution in [0.25, 0.3) is 0 Å². The minimum atomic E-state index is -3.84. The van der Waals surface area contributed by atoms with Gasteiger partial charge in [-0.15, -0.1) is 0 Å². The minimum Gasteiger partial charge on any atom is -0.340 e. The molecule has 8 nitrogen and oxygen atoms in total. The molecular weight excluding hydrogens is 344 g/mol. The Kier molecular flexibility index (Phi) is 5.07. The van der Waals surface area contributed by atoms with E-state index in [1.165, 1.54) is 25.3 Å². The molecule has 0 radical (unpaired) electrons. The summed E-state index contributed by atoms with van der Waals surface area (Å²) in [5, 5.41) is 1.16. The Morgan fingerprint density at radius 1 is 1.24 bits per heavy atom. The largest absolute Gasteiger partial charge is 0.340 e. The third-order valence-corrected chi connectivity index (χ3v) is 5.24. The maximum atomic E-state index is 12.7. The highest BCUT2D eigenvalue weighted by molar-refractivity contribution is 8.06. The van der Waals surface area contributed by atoms with E-state index in [0.717, 1.165) is 0 Å². The molecule has 0 spiro atoms. The molecule has 2 aromatic rings. The van der Waals surface area contributed by atoms with Crippen LogP contribution in [0.1, 0.15) is 37.0 Å². The second kappa shape index (κ2) is 6.75. The molecule has 1 amide bonds. The van der Waals surface area contributed by atoms with E-state index in [4.69, 9.17) is 0 Å². The number of imidazole rings is 1. The summed E-state index contributed by atoms with van der Waals surface area (Å²) in [7, 11) is -2.02. The van der Waals surface area contributed by atoms with Gasteiger partial charge in [-0.3, -0.25) is 14.6 Å². The average Bonchev–Trinajstić information content (AvgIpc) is 3.02. The lowest BCUT2D eigenvalue weighted by Crippen LogP contribution is -2.30. The van der Waals surface area contributed by atoms with Gasteiger partial charge in [0.25, 0.3) is 0 Å². The number of pyridine rings is 1. The van der Waals surface area contributed by atoms with Crippen LogP contribution in [0.5, 0.6) is 0 Å². The molecule has 0 atom stereocenters. The Bertz CT molecular complexity index is 898. The quantitative estimate of drug-likeness (QED) is 0.812. The molecule has 0 aliphatic carbocycles. The number of aromatic nitrogens is 3. The van der Waals surface area contributed by atoms with E-state index in [1.54, 1.807) is 30.9 Å². The lowest BCUT2D eigenvalue weighted by Gasteiger charge is -2.20. The molecule has 0 unspecified atom stereocenters. The number of ketones is 1. The van der Waals surface area contributed by atoms with Crippen LogP contribution in [0, 0.1) is 0 Å². The second-order valence-electron chi connectivity index (χ2n) is 6.13. The Morgan fingerprint density at radius 2 is 1.92 bits per heavy atom. The monoisotopic (exact) mass is 364 g/mol. The number of amides is 1. The van der Waals surface area contributed by atoms with E-state index in [-0.39, 0.29) is 22.9 Å². The van der Waals surface area contributed by atoms with Crippen molar-refractivity contribution in [1.29, 1.82) is 0 Å². The number of nitrogens with zero attached hydrogens (tertiary/aromatic N) is 3. The molecule has 0 saturated heterocycles. The Morgan fingerprint density at radius 3 is 2.40 bits per heavy atom. The molecular formula is C16H20N4O4S. The fourth-order valence-corrected chi connectivity index (χ4v) is 2.64. The predicted molar refractivity (Wildman–Crippen MR) is 93.3 cm³/mol. The molecule has 0 aliphatic heterocycles. The van der Waals surface area contributed by atoms with Gasteiger partial charge in [0.1, 0.15) is 5.69 Å². The molecule has 2 aromatic heterocycles. The van der Waals surface area contributed by atoms with Gasteiger partial charge in [-0.25, -0.2) is 13.4 Å². The Hall–Kier alpha value is -2.55.